The molecule has 1 aromatic rings. The van der Waals surface area contributed by atoms with Crippen LogP contribution in [0.2, 0.25) is 0 Å². The monoisotopic (exact) mass is 148 g/mol. The maximum atomic E-state index is 2.26. The Balaban J connectivity index is 2.30. The highest BCUT2D eigenvalue weighted by Gasteiger charge is 2.42. The average molecular weight is 148 g/mol. The smallest absolute Gasteiger partial charge is 0.134 e. The quantitative estimate of drug-likeness (QED) is 0.444. The minimum absolute atomic E-state index is 1.21. The average Bonchev–Trinajstić information content (AvgIpc) is 2.86. The van der Waals surface area contributed by atoms with Crippen LogP contribution in [-0.2, 0) is 0 Å². The van der Waals surface area contributed by atoms with Gasteiger partial charge in [0.15, 0.2) is 0 Å². The third-order valence-electron chi connectivity index (χ3n) is 2.67. The van der Waals surface area contributed by atoms with Crippen molar-refractivity contribution in [2.75, 3.05) is 19.6 Å². The molecule has 58 valence electrons. The molecule has 0 atom stereocenters. The number of likely N-dealkylation sites (N-methyl/N-ethyl adjacent to an activating group) is 1. The molecule has 0 aromatic heterocycles. The number of para-hydroxylation sites is 1. The van der Waals surface area contributed by atoms with Gasteiger partial charge in [-0.1, -0.05) is 18.2 Å². The molecule has 1 fully saturated rings. The lowest BCUT2D eigenvalue weighted by Gasteiger charge is -2.14. The Morgan fingerprint density at radius 3 is 2.27 bits per heavy atom. The Labute approximate surface area is 67.9 Å². The summed E-state index contributed by atoms with van der Waals surface area (Å²) in [5, 5.41) is 0. The number of benzene rings is 1. The van der Waals surface area contributed by atoms with E-state index < -0.39 is 0 Å². The van der Waals surface area contributed by atoms with Crippen molar-refractivity contribution in [2.45, 2.75) is 6.92 Å². The van der Waals surface area contributed by atoms with Gasteiger partial charge in [-0.25, -0.2) is 0 Å². The van der Waals surface area contributed by atoms with E-state index in [1.165, 1.54) is 29.8 Å². The molecule has 1 aliphatic rings. The van der Waals surface area contributed by atoms with Crippen LogP contribution >= 0.6 is 0 Å². The Morgan fingerprint density at radius 2 is 1.82 bits per heavy atom. The summed E-state index contributed by atoms with van der Waals surface area (Å²) in [4.78, 5) is 0. The van der Waals surface area contributed by atoms with Gasteiger partial charge in [0.25, 0.3) is 0 Å². The highest BCUT2D eigenvalue weighted by molar-refractivity contribution is 5.46. The zero-order valence-corrected chi connectivity index (χ0v) is 6.96. The second-order valence-corrected chi connectivity index (χ2v) is 3.24. The number of hydrogen-bond acceptors (Lipinski definition) is 0. The van der Waals surface area contributed by atoms with Gasteiger partial charge in [0, 0.05) is 0 Å². The fraction of sp³-hybridized carbons (Fsp3) is 0.400. The first kappa shape index (κ1) is 6.86. The van der Waals surface area contributed by atoms with Crippen LogP contribution in [0.5, 0.6) is 0 Å². The van der Waals surface area contributed by atoms with Gasteiger partial charge in [-0.3, -0.25) is 4.48 Å². The van der Waals surface area contributed by atoms with Gasteiger partial charge < -0.3 is 0 Å². The highest BCUT2D eigenvalue weighted by atomic mass is 15.5. The van der Waals surface area contributed by atoms with Crippen molar-refractivity contribution >= 4 is 5.69 Å². The van der Waals surface area contributed by atoms with Gasteiger partial charge in [-0.15, -0.1) is 0 Å². The lowest BCUT2D eigenvalue weighted by molar-refractivity contribution is 0.570. The van der Waals surface area contributed by atoms with Gasteiger partial charge in [-0.05, 0) is 19.1 Å². The van der Waals surface area contributed by atoms with Gasteiger partial charge >= 0.3 is 0 Å². The second-order valence-electron chi connectivity index (χ2n) is 3.24. The van der Waals surface area contributed by atoms with E-state index in [1.807, 2.05) is 0 Å². The van der Waals surface area contributed by atoms with Crippen LogP contribution in [0.15, 0.2) is 30.3 Å². The molecular formula is C10H14N+. The molecule has 2 rings (SSSR count). The molecule has 1 heteroatoms. The van der Waals surface area contributed by atoms with E-state index in [9.17, 15) is 0 Å². The molecule has 11 heavy (non-hydrogen) atoms. The first-order chi connectivity index (χ1) is 5.37. The van der Waals surface area contributed by atoms with E-state index in [-0.39, 0.29) is 0 Å². The van der Waals surface area contributed by atoms with Crippen LogP contribution in [0.3, 0.4) is 0 Å². The summed E-state index contributed by atoms with van der Waals surface area (Å²) in [7, 11) is 0. The number of rotatable bonds is 2. The van der Waals surface area contributed by atoms with Crippen molar-refractivity contribution in [3.05, 3.63) is 30.3 Å². The van der Waals surface area contributed by atoms with Crippen molar-refractivity contribution in [1.29, 1.82) is 0 Å². The predicted octanol–water partition coefficient (Wildman–Crippen LogP) is 2.03. The van der Waals surface area contributed by atoms with Crippen molar-refractivity contribution in [2.24, 2.45) is 0 Å². The molecule has 0 aliphatic carbocycles. The first-order valence-corrected chi connectivity index (χ1v) is 4.29. The zero-order chi connectivity index (χ0) is 7.73. The maximum absolute atomic E-state index is 2.26. The molecule has 0 amide bonds. The lowest BCUT2D eigenvalue weighted by Crippen LogP contribution is -2.24. The van der Waals surface area contributed by atoms with Crippen LogP contribution in [0.1, 0.15) is 6.92 Å². The van der Waals surface area contributed by atoms with Crippen molar-refractivity contribution < 1.29 is 0 Å². The van der Waals surface area contributed by atoms with Crippen LogP contribution < -0.4 is 4.48 Å². The molecule has 1 aliphatic heterocycles. The summed E-state index contributed by atoms with van der Waals surface area (Å²) < 4.78 is 1.21. The molecule has 1 heterocycles. The minimum Gasteiger partial charge on any atom is -0.282 e. The topological polar surface area (TPSA) is 0 Å². The van der Waals surface area contributed by atoms with Crippen molar-refractivity contribution in [3.8, 4) is 0 Å². The molecule has 0 N–H and O–H groups in total. The Morgan fingerprint density at radius 1 is 1.18 bits per heavy atom. The van der Waals surface area contributed by atoms with Crippen molar-refractivity contribution in [3.63, 3.8) is 0 Å². The molecule has 0 saturated carbocycles. The number of quaternary nitrogens is 1. The molecule has 0 spiro atoms. The molecule has 1 nitrogen and oxygen atoms in total. The predicted molar refractivity (Wildman–Crippen MR) is 48.5 cm³/mol. The van der Waals surface area contributed by atoms with Gasteiger partial charge in [-0.2, -0.15) is 0 Å². The molecular weight excluding hydrogens is 134 g/mol. The van der Waals surface area contributed by atoms with Crippen molar-refractivity contribution in [1.82, 2.24) is 4.48 Å². The summed E-state index contributed by atoms with van der Waals surface area (Å²) in [5.74, 6) is 0. The fourth-order valence-corrected chi connectivity index (χ4v) is 1.62. The molecule has 1 aromatic carbocycles. The van der Waals surface area contributed by atoms with Crippen LogP contribution in [-0.4, -0.2) is 19.6 Å². The van der Waals surface area contributed by atoms with Gasteiger partial charge in [0.05, 0.1) is 6.54 Å². The lowest BCUT2D eigenvalue weighted by atomic mass is 10.3. The Kier molecular flexibility index (Phi) is 1.46. The summed E-state index contributed by atoms with van der Waals surface area (Å²) in [6.07, 6.45) is 0. The molecule has 0 radical (unpaired) electrons. The van der Waals surface area contributed by atoms with E-state index in [0.29, 0.717) is 0 Å². The summed E-state index contributed by atoms with van der Waals surface area (Å²) in [5.41, 5.74) is 1.48. The SMILES string of the molecule is CC[N+]1(c2ccccc2)CC1. The van der Waals surface area contributed by atoms with Crippen LogP contribution in [0.4, 0.5) is 5.69 Å². The van der Waals surface area contributed by atoms with Crippen LogP contribution in [0.25, 0.3) is 0 Å². The second kappa shape index (κ2) is 2.35. The number of hydrogen-bond donors (Lipinski definition) is 0. The fourth-order valence-electron chi connectivity index (χ4n) is 1.62. The normalized spacial score (nSPS) is 19.7. The summed E-state index contributed by atoms with van der Waals surface area (Å²) in [6.45, 7) is 6.17. The zero-order valence-electron chi connectivity index (χ0n) is 6.96. The summed E-state index contributed by atoms with van der Waals surface area (Å²) >= 11 is 0. The molecule has 0 unspecified atom stereocenters. The summed E-state index contributed by atoms with van der Waals surface area (Å²) in [6, 6.07) is 10.8. The molecule has 0 bridgehead atoms. The van der Waals surface area contributed by atoms with E-state index >= 15 is 0 Å². The highest BCUT2D eigenvalue weighted by Crippen LogP contribution is 2.30. The van der Waals surface area contributed by atoms with Gasteiger partial charge in [0.2, 0.25) is 0 Å². The third kappa shape index (κ3) is 1.05. The van der Waals surface area contributed by atoms with Crippen LogP contribution in [0, 0.1) is 0 Å². The standard InChI is InChI=1S/C10H14N/c1-2-11(8-9-11)10-6-4-3-5-7-10/h3-7H,2,8-9H2,1H3/q+1. The Bertz CT molecular complexity index is 236. The Hall–Kier alpha value is -0.820. The molecule has 1 saturated heterocycles. The number of nitrogens with zero attached hydrogens (tertiary/aromatic N) is 1. The van der Waals surface area contributed by atoms with E-state index in [2.05, 4.69) is 37.3 Å². The van der Waals surface area contributed by atoms with E-state index in [4.69, 9.17) is 0 Å². The van der Waals surface area contributed by atoms with E-state index in [0.717, 1.165) is 0 Å². The van der Waals surface area contributed by atoms with Gasteiger partial charge in [0.1, 0.15) is 18.8 Å². The maximum Gasteiger partial charge on any atom is 0.134 e. The van der Waals surface area contributed by atoms with E-state index in [1.54, 1.807) is 0 Å². The minimum atomic E-state index is 1.21. The first-order valence-electron chi connectivity index (χ1n) is 4.29. The largest absolute Gasteiger partial charge is 0.282 e. The third-order valence-corrected chi connectivity index (χ3v) is 2.67.